The number of nitrogens with two attached hydrogens (primary N) is 1. The van der Waals surface area contributed by atoms with Crippen LogP contribution in [0.15, 0.2) is 30.3 Å². The fraction of sp³-hybridized carbons (Fsp3) is 0.273. The Balaban J connectivity index is 1.51. The fourth-order valence-corrected chi connectivity index (χ4v) is 3.67. The molecule has 1 saturated carbocycles. The molecule has 1 amide bonds. The molecule has 1 fully saturated rings. The topological polar surface area (TPSA) is 93.0 Å². The molecule has 1 aromatic heterocycles. The minimum Gasteiger partial charge on any atom is -0.453 e. The molecule has 1 aliphatic carbocycles. The van der Waals surface area contributed by atoms with Gasteiger partial charge in [0.05, 0.1) is 10.7 Å². The van der Waals surface area contributed by atoms with E-state index in [4.69, 9.17) is 33.7 Å². The molecule has 1 aliphatic rings. The quantitative estimate of drug-likeness (QED) is 0.398. The average Bonchev–Trinajstić information content (AvgIpc) is 3.48. The molecule has 4 rings (SSSR count). The number of nitrogens with zero attached hydrogens (tertiary/aromatic N) is 1. The highest BCUT2D eigenvalue weighted by Gasteiger charge is 2.29. The number of hydrogen-bond donors (Lipinski definition) is 3. The van der Waals surface area contributed by atoms with Gasteiger partial charge in [-0.25, -0.2) is 9.37 Å². The van der Waals surface area contributed by atoms with E-state index < -0.39 is 5.82 Å². The van der Waals surface area contributed by atoms with E-state index in [0.29, 0.717) is 34.4 Å². The summed E-state index contributed by atoms with van der Waals surface area (Å²) in [6, 6.07) is 7.57. The number of amides is 1. The van der Waals surface area contributed by atoms with Crippen LogP contribution in [0, 0.1) is 5.82 Å². The van der Waals surface area contributed by atoms with Crippen LogP contribution in [0.4, 0.5) is 10.1 Å². The number of aromatic nitrogens is 2. The molecule has 9 heteroatoms. The lowest BCUT2D eigenvalue weighted by Gasteiger charge is -2.13. The SMILES string of the molecule is CCc1nc(C2CC2)[nH]c1C(=O)NCc1ccc(Cl)c(Oc2cc(N)cc(Cl)c2)c1F. The number of aromatic amines is 1. The predicted octanol–water partition coefficient (Wildman–Crippen LogP) is 5.60. The summed E-state index contributed by atoms with van der Waals surface area (Å²) in [5.41, 5.74) is 7.48. The van der Waals surface area contributed by atoms with Crippen LogP contribution in [0.3, 0.4) is 0 Å². The predicted molar refractivity (Wildman–Crippen MR) is 118 cm³/mol. The number of halogens is 3. The molecule has 0 saturated heterocycles. The zero-order valence-corrected chi connectivity index (χ0v) is 18.3. The summed E-state index contributed by atoms with van der Waals surface area (Å²) in [5.74, 6) is 0.324. The zero-order valence-electron chi connectivity index (χ0n) is 16.8. The van der Waals surface area contributed by atoms with Crippen LogP contribution in [-0.4, -0.2) is 15.9 Å². The van der Waals surface area contributed by atoms with Crippen LogP contribution in [0.25, 0.3) is 0 Å². The second-order valence-electron chi connectivity index (χ2n) is 7.43. The monoisotopic (exact) mass is 462 g/mol. The van der Waals surface area contributed by atoms with Crippen LogP contribution in [-0.2, 0) is 13.0 Å². The van der Waals surface area contributed by atoms with Crippen LogP contribution in [0.2, 0.25) is 10.0 Å². The van der Waals surface area contributed by atoms with Gasteiger partial charge >= 0.3 is 0 Å². The number of H-pyrrole nitrogens is 1. The number of anilines is 1. The van der Waals surface area contributed by atoms with E-state index in [1.54, 1.807) is 6.07 Å². The third kappa shape index (κ3) is 4.78. The average molecular weight is 463 g/mol. The number of nitrogens with one attached hydrogen (secondary N) is 2. The Morgan fingerprint density at radius 3 is 2.77 bits per heavy atom. The van der Waals surface area contributed by atoms with Crippen molar-refractivity contribution in [3.8, 4) is 11.5 Å². The number of carbonyl (C=O) groups excluding carboxylic acids is 1. The fourth-order valence-electron chi connectivity index (χ4n) is 3.25. The number of nitrogen functional groups attached to an aromatic ring is 1. The normalized spacial score (nSPS) is 13.3. The van der Waals surface area contributed by atoms with Gasteiger partial charge in [-0.15, -0.1) is 0 Å². The molecule has 2 aromatic carbocycles. The minimum atomic E-state index is -0.676. The van der Waals surface area contributed by atoms with E-state index in [2.05, 4.69) is 15.3 Å². The maximum Gasteiger partial charge on any atom is 0.269 e. The Morgan fingerprint density at radius 1 is 1.32 bits per heavy atom. The van der Waals surface area contributed by atoms with E-state index in [0.717, 1.165) is 18.7 Å². The molecule has 0 spiro atoms. The van der Waals surface area contributed by atoms with Gasteiger partial charge in [0.25, 0.3) is 5.91 Å². The van der Waals surface area contributed by atoms with Gasteiger partial charge in [-0.1, -0.05) is 36.2 Å². The van der Waals surface area contributed by atoms with Crippen LogP contribution in [0.1, 0.15) is 53.3 Å². The second kappa shape index (κ2) is 8.77. The smallest absolute Gasteiger partial charge is 0.269 e. The number of aryl methyl sites for hydroxylation is 1. The van der Waals surface area contributed by atoms with Crippen molar-refractivity contribution in [3.05, 3.63) is 69.0 Å². The number of rotatable bonds is 7. The second-order valence-corrected chi connectivity index (χ2v) is 8.27. The van der Waals surface area contributed by atoms with Gasteiger partial charge in [-0.2, -0.15) is 0 Å². The maximum absolute atomic E-state index is 15.1. The van der Waals surface area contributed by atoms with Gasteiger partial charge in [0.1, 0.15) is 17.3 Å². The first-order valence-corrected chi connectivity index (χ1v) is 10.7. The van der Waals surface area contributed by atoms with Gasteiger partial charge in [-0.3, -0.25) is 4.79 Å². The zero-order chi connectivity index (χ0) is 22.1. The summed E-state index contributed by atoms with van der Waals surface area (Å²) >= 11 is 12.1. The lowest BCUT2D eigenvalue weighted by molar-refractivity contribution is 0.0945. The highest BCUT2D eigenvalue weighted by atomic mass is 35.5. The van der Waals surface area contributed by atoms with Crippen molar-refractivity contribution >= 4 is 34.8 Å². The first-order chi connectivity index (χ1) is 14.9. The summed E-state index contributed by atoms with van der Waals surface area (Å²) in [5, 5.41) is 3.18. The van der Waals surface area contributed by atoms with Gasteiger partial charge < -0.3 is 20.8 Å². The summed E-state index contributed by atoms with van der Waals surface area (Å²) in [6.07, 6.45) is 2.78. The Kier molecular flexibility index (Phi) is 6.07. The van der Waals surface area contributed by atoms with E-state index in [-0.39, 0.29) is 34.5 Å². The third-order valence-corrected chi connectivity index (χ3v) is 5.52. The molecule has 3 aromatic rings. The molecule has 162 valence electrons. The van der Waals surface area contributed by atoms with Crippen molar-refractivity contribution in [2.45, 2.75) is 38.6 Å². The summed E-state index contributed by atoms with van der Waals surface area (Å²) in [7, 11) is 0. The number of ether oxygens (including phenoxy) is 1. The number of benzene rings is 2. The van der Waals surface area contributed by atoms with E-state index in [9.17, 15) is 4.79 Å². The molecule has 0 aliphatic heterocycles. The highest BCUT2D eigenvalue weighted by Crippen LogP contribution is 2.39. The third-order valence-electron chi connectivity index (χ3n) is 5.01. The van der Waals surface area contributed by atoms with Crippen LogP contribution < -0.4 is 15.8 Å². The molecule has 0 unspecified atom stereocenters. The minimum absolute atomic E-state index is 0.0448. The Bertz CT molecular complexity index is 1120. The van der Waals surface area contributed by atoms with Crippen molar-refractivity contribution in [1.82, 2.24) is 15.3 Å². The van der Waals surface area contributed by atoms with Gasteiger partial charge in [0.2, 0.25) is 0 Å². The van der Waals surface area contributed by atoms with Crippen molar-refractivity contribution in [3.63, 3.8) is 0 Å². The molecule has 4 N–H and O–H groups in total. The molecule has 0 radical (unpaired) electrons. The maximum atomic E-state index is 15.1. The van der Waals surface area contributed by atoms with Crippen LogP contribution in [0.5, 0.6) is 11.5 Å². The van der Waals surface area contributed by atoms with Crippen molar-refractivity contribution in [1.29, 1.82) is 0 Å². The lowest BCUT2D eigenvalue weighted by atomic mass is 10.2. The van der Waals surface area contributed by atoms with Gasteiger partial charge in [-0.05, 0) is 37.5 Å². The molecule has 1 heterocycles. The van der Waals surface area contributed by atoms with Gasteiger partial charge in [0, 0.05) is 34.8 Å². The molecule has 31 heavy (non-hydrogen) atoms. The van der Waals surface area contributed by atoms with E-state index >= 15 is 4.39 Å². The summed E-state index contributed by atoms with van der Waals surface area (Å²) < 4.78 is 20.7. The Morgan fingerprint density at radius 2 is 2.10 bits per heavy atom. The number of hydrogen-bond acceptors (Lipinski definition) is 4. The van der Waals surface area contributed by atoms with Crippen molar-refractivity contribution in [2.24, 2.45) is 0 Å². The lowest BCUT2D eigenvalue weighted by Crippen LogP contribution is -2.25. The molecule has 0 bridgehead atoms. The molecule has 0 atom stereocenters. The standard InChI is InChI=1S/C22H21Cl2FN4O2/c1-2-17-19(29-21(28-17)11-3-4-11)22(30)27-10-12-5-6-16(24)20(18(12)25)31-15-8-13(23)7-14(26)9-15/h5-9,11H,2-4,10,26H2,1H3,(H,27,30)(H,28,29). The summed E-state index contributed by atoms with van der Waals surface area (Å²) in [6.45, 7) is 1.89. The Labute approximate surface area is 188 Å². The first kappa shape index (κ1) is 21.5. The molecular weight excluding hydrogens is 442 g/mol. The number of imidazole rings is 1. The largest absolute Gasteiger partial charge is 0.453 e. The van der Waals surface area contributed by atoms with Gasteiger partial charge in [0.15, 0.2) is 11.6 Å². The van der Waals surface area contributed by atoms with E-state index in [1.807, 2.05) is 6.92 Å². The van der Waals surface area contributed by atoms with E-state index in [1.165, 1.54) is 24.3 Å². The Hall–Kier alpha value is -2.77. The van der Waals surface area contributed by atoms with Crippen LogP contribution >= 0.6 is 23.2 Å². The first-order valence-electron chi connectivity index (χ1n) is 9.93. The van der Waals surface area contributed by atoms with Crippen molar-refractivity contribution in [2.75, 3.05) is 5.73 Å². The molecule has 6 nitrogen and oxygen atoms in total. The highest BCUT2D eigenvalue weighted by molar-refractivity contribution is 6.32. The number of carbonyl (C=O) groups is 1. The van der Waals surface area contributed by atoms with Crippen molar-refractivity contribution < 1.29 is 13.9 Å². The summed E-state index contributed by atoms with van der Waals surface area (Å²) in [4.78, 5) is 20.3. The molecular formula is C22H21Cl2FN4O2.